The van der Waals surface area contributed by atoms with Gasteiger partial charge in [-0.25, -0.2) is 4.72 Å². The van der Waals surface area contributed by atoms with Gasteiger partial charge in [-0.05, 0) is 32.4 Å². The van der Waals surface area contributed by atoms with E-state index in [1.165, 1.54) is 0 Å². The maximum atomic E-state index is 12.3. The van der Waals surface area contributed by atoms with Gasteiger partial charge in [-0.1, -0.05) is 0 Å². The summed E-state index contributed by atoms with van der Waals surface area (Å²) in [4.78, 5) is 2.33. The molecule has 2 rings (SSSR count). The number of hydrogen-bond donors (Lipinski definition) is 2. The van der Waals surface area contributed by atoms with Crippen LogP contribution in [0.2, 0.25) is 0 Å². The third kappa shape index (κ3) is 5.69. The van der Waals surface area contributed by atoms with Crippen LogP contribution in [0.4, 0.5) is 0 Å². The van der Waals surface area contributed by atoms with E-state index in [2.05, 4.69) is 14.9 Å². The molecule has 2 aliphatic heterocycles. The summed E-state index contributed by atoms with van der Waals surface area (Å²) < 4.78 is 29.1. The van der Waals surface area contributed by atoms with Gasteiger partial charge in [-0.15, -0.1) is 0 Å². The molecule has 0 aliphatic carbocycles. The summed E-state index contributed by atoms with van der Waals surface area (Å²) in [6.07, 6.45) is 2.06. The third-order valence-electron chi connectivity index (χ3n) is 4.13. The summed E-state index contributed by atoms with van der Waals surface area (Å²) in [7, 11) is -1.39. The van der Waals surface area contributed by atoms with Gasteiger partial charge in [0.05, 0.1) is 0 Å². The normalized spacial score (nSPS) is 26.0. The molecule has 0 amide bonds. The Morgan fingerprint density at radius 2 is 2.00 bits per heavy atom. The van der Waals surface area contributed by atoms with Gasteiger partial charge < -0.3 is 10.2 Å². The molecule has 0 saturated carbocycles. The Morgan fingerprint density at radius 1 is 1.24 bits per heavy atom. The molecule has 1 unspecified atom stereocenters. The van der Waals surface area contributed by atoms with E-state index in [-0.39, 0.29) is 0 Å². The second-order valence-electron chi connectivity index (χ2n) is 5.78. The van der Waals surface area contributed by atoms with Crippen molar-refractivity contribution < 1.29 is 8.42 Å². The van der Waals surface area contributed by atoms with E-state index in [1.54, 1.807) is 4.31 Å². The lowest BCUT2D eigenvalue weighted by Gasteiger charge is -2.32. The monoisotopic (exact) mass is 336 g/mol. The molecule has 2 heterocycles. The van der Waals surface area contributed by atoms with Crippen molar-refractivity contribution in [3.05, 3.63) is 0 Å². The number of thioether (sulfide) groups is 1. The lowest BCUT2D eigenvalue weighted by atomic mass is 10.00. The van der Waals surface area contributed by atoms with Gasteiger partial charge >= 0.3 is 0 Å². The van der Waals surface area contributed by atoms with Crippen LogP contribution < -0.4 is 10.0 Å². The fourth-order valence-electron chi connectivity index (χ4n) is 2.95. The summed E-state index contributed by atoms with van der Waals surface area (Å²) >= 11 is 1.97. The van der Waals surface area contributed by atoms with E-state index < -0.39 is 10.2 Å². The summed E-state index contributed by atoms with van der Waals surface area (Å²) in [5, 5.41) is 3.15. The molecule has 1 atom stereocenters. The molecule has 0 aromatic heterocycles. The van der Waals surface area contributed by atoms with E-state index >= 15 is 0 Å². The van der Waals surface area contributed by atoms with E-state index in [0.717, 1.165) is 50.5 Å². The lowest BCUT2D eigenvalue weighted by Crippen LogP contribution is -2.49. The topological polar surface area (TPSA) is 64.7 Å². The molecule has 6 nitrogen and oxygen atoms in total. The van der Waals surface area contributed by atoms with Crippen molar-refractivity contribution in [2.45, 2.75) is 12.8 Å². The number of rotatable bonds is 7. The van der Waals surface area contributed by atoms with Crippen LogP contribution in [0.1, 0.15) is 12.8 Å². The van der Waals surface area contributed by atoms with Gasteiger partial charge in [-0.3, -0.25) is 0 Å². The quantitative estimate of drug-likeness (QED) is 0.674. The van der Waals surface area contributed by atoms with Crippen LogP contribution in [0, 0.1) is 5.92 Å². The van der Waals surface area contributed by atoms with Crippen LogP contribution in [-0.4, -0.2) is 82.0 Å². The fraction of sp³-hybridized carbons (Fsp3) is 1.00. The first-order valence-corrected chi connectivity index (χ1v) is 10.4. The maximum absolute atomic E-state index is 12.3. The summed E-state index contributed by atoms with van der Waals surface area (Å²) in [6, 6.07) is 0. The highest BCUT2D eigenvalue weighted by atomic mass is 32.2. The molecule has 2 fully saturated rings. The minimum absolute atomic E-state index is 0.430. The smallest absolute Gasteiger partial charge is 0.279 e. The second kappa shape index (κ2) is 8.69. The molecule has 2 saturated heterocycles. The van der Waals surface area contributed by atoms with Crippen molar-refractivity contribution in [3.63, 3.8) is 0 Å². The van der Waals surface area contributed by atoms with Crippen LogP contribution in [-0.2, 0) is 10.2 Å². The average molecular weight is 337 g/mol. The van der Waals surface area contributed by atoms with Crippen molar-refractivity contribution in [3.8, 4) is 0 Å². The van der Waals surface area contributed by atoms with Crippen molar-refractivity contribution in [1.82, 2.24) is 19.2 Å². The van der Waals surface area contributed by atoms with Gasteiger partial charge in [-0.2, -0.15) is 24.5 Å². The molecule has 0 spiro atoms. The standard InChI is InChI=1S/C13H28N4O2S2/c1-14-11-13-3-2-5-17(12-13)21(18,19)15-4-6-16-7-9-20-10-8-16/h13-15H,2-12H2,1H3. The molecule has 8 heteroatoms. The Hall–Kier alpha value is 0.140. The van der Waals surface area contributed by atoms with Crippen LogP contribution in [0.25, 0.3) is 0 Å². The number of nitrogens with zero attached hydrogens (tertiary/aromatic N) is 2. The Labute approximate surface area is 133 Å². The molecular formula is C13H28N4O2S2. The molecular weight excluding hydrogens is 308 g/mol. The maximum Gasteiger partial charge on any atom is 0.279 e. The molecule has 2 aliphatic rings. The van der Waals surface area contributed by atoms with Crippen LogP contribution in [0.5, 0.6) is 0 Å². The zero-order valence-electron chi connectivity index (χ0n) is 12.9. The third-order valence-corrected chi connectivity index (χ3v) is 6.65. The van der Waals surface area contributed by atoms with Gasteiger partial charge in [0.1, 0.15) is 0 Å². The first-order chi connectivity index (χ1) is 10.1. The van der Waals surface area contributed by atoms with E-state index in [9.17, 15) is 8.42 Å². The van der Waals surface area contributed by atoms with Gasteiger partial charge in [0.25, 0.3) is 10.2 Å². The number of piperidine rings is 1. The van der Waals surface area contributed by atoms with Crippen LogP contribution >= 0.6 is 11.8 Å². The zero-order valence-corrected chi connectivity index (χ0v) is 14.5. The number of nitrogens with one attached hydrogen (secondary N) is 2. The first-order valence-electron chi connectivity index (χ1n) is 7.81. The van der Waals surface area contributed by atoms with E-state index in [0.29, 0.717) is 25.6 Å². The summed E-state index contributed by atoms with van der Waals surface area (Å²) in [5.41, 5.74) is 0. The number of hydrogen-bond acceptors (Lipinski definition) is 5. The predicted octanol–water partition coefficient (Wildman–Crippen LogP) is -0.199. The molecule has 2 N–H and O–H groups in total. The molecule has 21 heavy (non-hydrogen) atoms. The van der Waals surface area contributed by atoms with Gasteiger partial charge in [0.2, 0.25) is 0 Å². The zero-order chi connectivity index (χ0) is 15.1. The highest BCUT2D eigenvalue weighted by molar-refractivity contribution is 7.99. The van der Waals surface area contributed by atoms with Crippen LogP contribution in [0.15, 0.2) is 0 Å². The van der Waals surface area contributed by atoms with Crippen molar-refractivity contribution in [1.29, 1.82) is 0 Å². The average Bonchev–Trinajstić information content (AvgIpc) is 2.49. The largest absolute Gasteiger partial charge is 0.319 e. The molecule has 124 valence electrons. The molecule has 0 aromatic rings. The first kappa shape index (κ1) is 17.5. The van der Waals surface area contributed by atoms with Gasteiger partial charge in [0.15, 0.2) is 0 Å². The Morgan fingerprint density at radius 3 is 2.71 bits per heavy atom. The minimum atomic E-state index is -3.31. The molecule has 0 aromatic carbocycles. The summed E-state index contributed by atoms with van der Waals surface area (Å²) in [5.74, 6) is 2.74. The van der Waals surface area contributed by atoms with Crippen molar-refractivity contribution >= 4 is 22.0 Å². The minimum Gasteiger partial charge on any atom is -0.319 e. The Balaban J connectivity index is 1.75. The second-order valence-corrected chi connectivity index (χ2v) is 8.76. The SMILES string of the molecule is CNCC1CCCN(S(=O)(=O)NCCN2CCSCC2)C1. The highest BCUT2D eigenvalue weighted by Crippen LogP contribution is 2.17. The predicted molar refractivity (Wildman–Crippen MR) is 88.9 cm³/mol. The Kier molecular flexibility index (Phi) is 7.24. The highest BCUT2D eigenvalue weighted by Gasteiger charge is 2.28. The molecule has 0 bridgehead atoms. The Bertz CT molecular complexity index is 397. The fourth-order valence-corrected chi connectivity index (χ4v) is 5.24. The summed E-state index contributed by atoms with van der Waals surface area (Å²) in [6.45, 7) is 5.64. The van der Waals surface area contributed by atoms with Crippen molar-refractivity contribution in [2.75, 3.05) is 64.4 Å². The van der Waals surface area contributed by atoms with E-state index in [1.807, 2.05) is 18.8 Å². The van der Waals surface area contributed by atoms with Crippen molar-refractivity contribution in [2.24, 2.45) is 5.92 Å². The molecule has 0 radical (unpaired) electrons. The van der Waals surface area contributed by atoms with E-state index in [4.69, 9.17) is 0 Å². The van der Waals surface area contributed by atoms with Gasteiger partial charge in [0, 0.05) is 50.8 Å². The van der Waals surface area contributed by atoms with Crippen LogP contribution in [0.3, 0.4) is 0 Å². The lowest BCUT2D eigenvalue weighted by molar-refractivity contribution is 0.259.